The van der Waals surface area contributed by atoms with Gasteiger partial charge in [-0.3, -0.25) is 4.79 Å². The first kappa shape index (κ1) is 18.2. The van der Waals surface area contributed by atoms with Crippen LogP contribution in [0.4, 0.5) is 0 Å². The van der Waals surface area contributed by atoms with Gasteiger partial charge in [-0.25, -0.2) is 0 Å². The topological polar surface area (TPSA) is 50.4 Å². The summed E-state index contributed by atoms with van der Waals surface area (Å²) in [5.41, 5.74) is 0.985. The van der Waals surface area contributed by atoms with Gasteiger partial charge in [0.05, 0.1) is 12.6 Å². The van der Waals surface area contributed by atoms with Gasteiger partial charge in [0.1, 0.15) is 6.10 Å². The van der Waals surface area contributed by atoms with Crippen molar-refractivity contribution in [2.75, 3.05) is 20.7 Å². The minimum Gasteiger partial charge on any atom is -0.375 e. The number of nitrogens with one attached hydrogen (secondary N) is 2. The third kappa shape index (κ3) is 5.78. The first-order valence-electron chi connectivity index (χ1n) is 5.80. The Bertz CT molecular complexity index is 385. The fourth-order valence-corrected chi connectivity index (χ4v) is 1.95. The zero-order valence-electron chi connectivity index (χ0n) is 11.3. The van der Waals surface area contributed by atoms with Gasteiger partial charge in [0, 0.05) is 12.1 Å². The highest BCUT2D eigenvalue weighted by Gasteiger charge is 2.20. The lowest BCUT2D eigenvalue weighted by Gasteiger charge is -2.24. The van der Waals surface area contributed by atoms with Gasteiger partial charge in [-0.05, 0) is 31.7 Å². The molecular weight excluding hydrogens is 287 g/mol. The molecule has 1 rings (SSSR count). The fraction of sp³-hybridized carbons (Fsp3) is 0.462. The number of hydrogen-bond donors (Lipinski definition) is 2. The molecule has 0 bridgehead atoms. The van der Waals surface area contributed by atoms with E-state index in [1.165, 1.54) is 0 Å². The summed E-state index contributed by atoms with van der Waals surface area (Å²) < 4.78 is 5.44. The maximum Gasteiger partial charge on any atom is 0.234 e. The second kappa shape index (κ2) is 9.15. The predicted octanol–water partition coefficient (Wildman–Crippen LogP) is 2.17. The molecule has 0 heterocycles. The summed E-state index contributed by atoms with van der Waals surface area (Å²) in [6.07, 6.45) is -0.192. The molecule has 0 spiro atoms. The fourth-order valence-electron chi connectivity index (χ4n) is 1.82. The van der Waals surface area contributed by atoms with E-state index in [1.807, 2.05) is 31.2 Å². The number of benzene rings is 1. The maximum absolute atomic E-state index is 11.5. The van der Waals surface area contributed by atoms with Crippen LogP contribution in [-0.2, 0) is 9.53 Å². The number of carbonyl (C=O) groups is 1. The van der Waals surface area contributed by atoms with Gasteiger partial charge in [-0.2, -0.15) is 0 Å². The highest BCUT2D eigenvalue weighted by Crippen LogP contribution is 2.22. The van der Waals surface area contributed by atoms with Gasteiger partial charge < -0.3 is 15.4 Å². The SMILES string of the molecule is CNCC(=O)NC(C)C(OC)c1ccc(Cl)cc1.Cl. The number of methoxy groups -OCH3 is 1. The van der Waals surface area contributed by atoms with Crippen molar-refractivity contribution in [2.24, 2.45) is 0 Å². The molecule has 1 aromatic rings. The average Bonchev–Trinajstić information content (AvgIpc) is 2.32. The Morgan fingerprint density at radius 3 is 2.42 bits per heavy atom. The van der Waals surface area contributed by atoms with Crippen molar-refractivity contribution in [1.82, 2.24) is 10.6 Å². The third-order valence-corrected chi connectivity index (χ3v) is 2.88. The number of rotatable bonds is 6. The van der Waals surface area contributed by atoms with Crippen LogP contribution in [0.2, 0.25) is 5.02 Å². The molecular formula is C13H20Cl2N2O2. The van der Waals surface area contributed by atoms with Gasteiger partial charge >= 0.3 is 0 Å². The lowest BCUT2D eigenvalue weighted by Crippen LogP contribution is -2.41. The van der Waals surface area contributed by atoms with E-state index in [0.717, 1.165) is 5.56 Å². The minimum atomic E-state index is -0.192. The molecule has 0 saturated carbocycles. The van der Waals surface area contributed by atoms with Crippen LogP contribution in [0.15, 0.2) is 24.3 Å². The van der Waals surface area contributed by atoms with Gasteiger partial charge in [0.25, 0.3) is 0 Å². The Kier molecular flexibility index (Phi) is 8.76. The van der Waals surface area contributed by atoms with E-state index in [2.05, 4.69) is 10.6 Å². The van der Waals surface area contributed by atoms with Gasteiger partial charge in [-0.15, -0.1) is 12.4 Å². The molecule has 0 aliphatic heterocycles. The number of halogens is 2. The van der Waals surface area contributed by atoms with Crippen molar-refractivity contribution in [2.45, 2.75) is 19.1 Å². The molecule has 1 aromatic carbocycles. The maximum atomic E-state index is 11.5. The lowest BCUT2D eigenvalue weighted by molar-refractivity contribution is -0.121. The molecule has 2 unspecified atom stereocenters. The smallest absolute Gasteiger partial charge is 0.234 e. The van der Waals surface area contributed by atoms with Crippen molar-refractivity contribution in [1.29, 1.82) is 0 Å². The number of ether oxygens (including phenoxy) is 1. The van der Waals surface area contributed by atoms with Gasteiger partial charge in [0.15, 0.2) is 0 Å². The van der Waals surface area contributed by atoms with Gasteiger partial charge in [0.2, 0.25) is 5.91 Å². The van der Waals surface area contributed by atoms with Crippen molar-refractivity contribution in [3.8, 4) is 0 Å². The first-order chi connectivity index (χ1) is 8.58. The van der Waals surface area contributed by atoms with Crippen molar-refractivity contribution in [3.05, 3.63) is 34.9 Å². The molecule has 0 aliphatic carbocycles. The summed E-state index contributed by atoms with van der Waals surface area (Å²) in [7, 11) is 3.36. The standard InChI is InChI=1S/C13H19ClN2O2.ClH/c1-9(16-12(17)8-15-2)13(18-3)10-4-6-11(14)7-5-10;/h4-7,9,13,15H,8H2,1-3H3,(H,16,17);1H. The molecule has 2 atom stereocenters. The Balaban J connectivity index is 0.00000324. The van der Waals surface area contributed by atoms with E-state index in [0.29, 0.717) is 11.6 Å². The Labute approximate surface area is 125 Å². The van der Waals surface area contributed by atoms with E-state index in [9.17, 15) is 4.79 Å². The molecule has 108 valence electrons. The van der Waals surface area contributed by atoms with E-state index in [1.54, 1.807) is 14.2 Å². The molecule has 19 heavy (non-hydrogen) atoms. The number of amides is 1. The zero-order valence-corrected chi connectivity index (χ0v) is 12.8. The Morgan fingerprint density at radius 1 is 1.37 bits per heavy atom. The summed E-state index contributed by atoms with van der Waals surface area (Å²) in [5.74, 6) is -0.0546. The van der Waals surface area contributed by atoms with Crippen LogP contribution in [0.25, 0.3) is 0 Å². The molecule has 6 heteroatoms. The molecule has 2 N–H and O–H groups in total. The van der Waals surface area contributed by atoms with Crippen LogP contribution in [0.3, 0.4) is 0 Å². The second-order valence-electron chi connectivity index (χ2n) is 4.09. The van der Waals surface area contributed by atoms with E-state index >= 15 is 0 Å². The Hall–Kier alpha value is -0.810. The third-order valence-electron chi connectivity index (χ3n) is 2.63. The highest BCUT2D eigenvalue weighted by atomic mass is 35.5. The number of carbonyl (C=O) groups excluding carboxylic acids is 1. The normalized spacial score (nSPS) is 13.3. The molecule has 0 radical (unpaired) electrons. The average molecular weight is 307 g/mol. The quantitative estimate of drug-likeness (QED) is 0.847. The molecule has 0 fully saturated rings. The minimum absolute atomic E-state index is 0. The van der Waals surface area contributed by atoms with Crippen molar-refractivity contribution < 1.29 is 9.53 Å². The van der Waals surface area contributed by atoms with E-state index in [-0.39, 0.29) is 30.5 Å². The molecule has 0 aliphatic rings. The predicted molar refractivity (Wildman–Crippen MR) is 80.0 cm³/mol. The van der Waals surface area contributed by atoms with Gasteiger partial charge in [-0.1, -0.05) is 23.7 Å². The van der Waals surface area contributed by atoms with Crippen LogP contribution < -0.4 is 10.6 Å². The zero-order chi connectivity index (χ0) is 13.5. The molecule has 0 aromatic heterocycles. The summed E-state index contributed by atoms with van der Waals surface area (Å²) >= 11 is 5.85. The largest absolute Gasteiger partial charge is 0.375 e. The second-order valence-corrected chi connectivity index (χ2v) is 4.53. The Morgan fingerprint density at radius 2 is 1.95 bits per heavy atom. The van der Waals surface area contributed by atoms with E-state index < -0.39 is 0 Å². The summed E-state index contributed by atoms with van der Waals surface area (Å²) in [6.45, 7) is 2.21. The molecule has 1 amide bonds. The van der Waals surface area contributed by atoms with Crippen LogP contribution >= 0.6 is 24.0 Å². The molecule has 0 saturated heterocycles. The monoisotopic (exact) mass is 306 g/mol. The van der Waals surface area contributed by atoms with Crippen LogP contribution in [0.1, 0.15) is 18.6 Å². The lowest BCUT2D eigenvalue weighted by atomic mass is 10.0. The van der Waals surface area contributed by atoms with Crippen molar-refractivity contribution in [3.63, 3.8) is 0 Å². The number of likely N-dealkylation sites (N-methyl/N-ethyl adjacent to an activating group) is 1. The number of hydrogen-bond acceptors (Lipinski definition) is 3. The summed E-state index contributed by atoms with van der Waals surface area (Å²) in [6, 6.07) is 7.31. The van der Waals surface area contributed by atoms with Crippen LogP contribution in [0.5, 0.6) is 0 Å². The van der Waals surface area contributed by atoms with Crippen LogP contribution in [0, 0.1) is 0 Å². The van der Waals surface area contributed by atoms with Crippen LogP contribution in [-0.4, -0.2) is 32.7 Å². The van der Waals surface area contributed by atoms with Crippen molar-refractivity contribution >= 4 is 29.9 Å². The molecule has 4 nitrogen and oxygen atoms in total. The van der Waals surface area contributed by atoms with E-state index in [4.69, 9.17) is 16.3 Å². The summed E-state index contributed by atoms with van der Waals surface area (Å²) in [5, 5.41) is 6.37. The summed E-state index contributed by atoms with van der Waals surface area (Å²) in [4.78, 5) is 11.5. The highest BCUT2D eigenvalue weighted by molar-refractivity contribution is 6.30. The first-order valence-corrected chi connectivity index (χ1v) is 6.18.